The lowest BCUT2D eigenvalue weighted by molar-refractivity contribution is 0.282. The molecule has 0 bridgehead atoms. The molecule has 0 aliphatic rings. The molecule has 0 amide bonds. The molecule has 5 heteroatoms. The molecule has 0 radical (unpaired) electrons. The Labute approximate surface area is 110 Å². The maximum atomic E-state index is 9.13. The normalized spacial score (nSPS) is 11.3. The van der Waals surface area contributed by atoms with Crippen LogP contribution in [0.4, 0.5) is 0 Å². The predicted octanol–water partition coefficient (Wildman–Crippen LogP) is 2.13. The van der Waals surface area contributed by atoms with Crippen molar-refractivity contribution in [2.75, 3.05) is 0 Å². The van der Waals surface area contributed by atoms with Gasteiger partial charge in [0.25, 0.3) is 0 Å². The number of aromatic nitrogens is 3. The Morgan fingerprint density at radius 1 is 1.32 bits per heavy atom. The molecule has 2 aromatic heterocycles. The van der Waals surface area contributed by atoms with Crippen molar-refractivity contribution in [3.8, 4) is 0 Å². The monoisotopic (exact) mass is 257 g/mol. The summed E-state index contributed by atoms with van der Waals surface area (Å²) in [5, 5.41) is 14.1. The molecule has 3 rings (SSSR count). The van der Waals surface area contributed by atoms with Gasteiger partial charge in [0.2, 0.25) is 5.89 Å². The number of hydrogen-bond acceptors (Lipinski definition) is 4. The lowest BCUT2D eigenvalue weighted by atomic mass is 10.2. The van der Waals surface area contributed by atoms with Crippen LogP contribution in [0.15, 0.2) is 35.0 Å². The van der Waals surface area contributed by atoms with Crippen LogP contribution >= 0.6 is 0 Å². The van der Waals surface area contributed by atoms with Crippen molar-refractivity contribution in [3.63, 3.8) is 0 Å². The average molecular weight is 257 g/mol. The van der Waals surface area contributed by atoms with E-state index in [4.69, 9.17) is 9.63 Å². The zero-order valence-corrected chi connectivity index (χ0v) is 10.7. The average Bonchev–Trinajstić information content (AvgIpc) is 3.06. The number of hydrogen-bond donors (Lipinski definition) is 1. The fourth-order valence-corrected chi connectivity index (χ4v) is 2.13. The van der Waals surface area contributed by atoms with Gasteiger partial charge in [0.15, 0.2) is 5.82 Å². The molecule has 0 atom stereocenters. The Hall–Kier alpha value is -2.14. The molecule has 98 valence electrons. The molecular formula is C14H15N3O2. The molecule has 0 aliphatic carbocycles. The fourth-order valence-electron chi connectivity index (χ4n) is 2.13. The molecule has 5 nitrogen and oxygen atoms in total. The van der Waals surface area contributed by atoms with Gasteiger partial charge >= 0.3 is 0 Å². The Morgan fingerprint density at radius 2 is 2.21 bits per heavy atom. The molecule has 0 saturated heterocycles. The number of benzene rings is 1. The van der Waals surface area contributed by atoms with Crippen LogP contribution in [0.3, 0.4) is 0 Å². The van der Waals surface area contributed by atoms with E-state index in [9.17, 15) is 0 Å². The molecule has 3 aromatic rings. The Kier molecular flexibility index (Phi) is 3.05. The number of fused-ring (bicyclic) bond motifs is 1. The third kappa shape index (κ3) is 2.24. The summed E-state index contributed by atoms with van der Waals surface area (Å²) in [5.74, 6) is 1.34. The van der Waals surface area contributed by atoms with E-state index >= 15 is 0 Å². The van der Waals surface area contributed by atoms with Gasteiger partial charge in [-0.1, -0.05) is 18.1 Å². The molecule has 2 heterocycles. The summed E-state index contributed by atoms with van der Waals surface area (Å²) in [6, 6.07) is 7.92. The zero-order chi connectivity index (χ0) is 13.2. The molecule has 0 saturated carbocycles. The zero-order valence-electron chi connectivity index (χ0n) is 10.7. The second kappa shape index (κ2) is 4.85. The van der Waals surface area contributed by atoms with Crippen molar-refractivity contribution in [1.29, 1.82) is 0 Å². The molecule has 0 aliphatic heterocycles. The summed E-state index contributed by atoms with van der Waals surface area (Å²) >= 11 is 0. The van der Waals surface area contributed by atoms with Gasteiger partial charge in [-0.3, -0.25) is 0 Å². The van der Waals surface area contributed by atoms with Crippen LogP contribution in [0.2, 0.25) is 0 Å². The molecule has 1 N–H and O–H groups in total. The highest BCUT2D eigenvalue weighted by Crippen LogP contribution is 2.18. The molecule has 19 heavy (non-hydrogen) atoms. The number of aliphatic hydroxyl groups excluding tert-OH is 1. The van der Waals surface area contributed by atoms with E-state index in [2.05, 4.69) is 14.7 Å². The lowest BCUT2D eigenvalue weighted by Gasteiger charge is -2.02. The van der Waals surface area contributed by atoms with Crippen LogP contribution in [0.1, 0.15) is 24.2 Å². The topological polar surface area (TPSA) is 64.1 Å². The minimum atomic E-state index is 0.0602. The van der Waals surface area contributed by atoms with Crippen molar-refractivity contribution in [3.05, 3.63) is 47.7 Å². The van der Waals surface area contributed by atoms with E-state index in [1.54, 1.807) is 0 Å². The highest BCUT2D eigenvalue weighted by Gasteiger charge is 2.08. The molecule has 0 spiro atoms. The maximum Gasteiger partial charge on any atom is 0.246 e. The quantitative estimate of drug-likeness (QED) is 0.777. The van der Waals surface area contributed by atoms with Crippen molar-refractivity contribution >= 4 is 10.9 Å². The number of aliphatic hydroxyl groups is 1. The second-order valence-corrected chi connectivity index (χ2v) is 4.45. The van der Waals surface area contributed by atoms with Gasteiger partial charge in [0, 0.05) is 18.1 Å². The first-order valence-corrected chi connectivity index (χ1v) is 6.30. The summed E-state index contributed by atoms with van der Waals surface area (Å²) in [7, 11) is 0. The van der Waals surface area contributed by atoms with Gasteiger partial charge in [-0.2, -0.15) is 4.98 Å². The van der Waals surface area contributed by atoms with Gasteiger partial charge in [0.05, 0.1) is 6.61 Å². The number of nitrogens with zero attached hydrogens (tertiary/aromatic N) is 3. The van der Waals surface area contributed by atoms with Crippen LogP contribution < -0.4 is 0 Å². The lowest BCUT2D eigenvalue weighted by Crippen LogP contribution is -1.98. The summed E-state index contributed by atoms with van der Waals surface area (Å²) in [6.45, 7) is 2.62. The third-order valence-corrected chi connectivity index (χ3v) is 3.15. The van der Waals surface area contributed by atoms with Crippen molar-refractivity contribution < 1.29 is 9.63 Å². The van der Waals surface area contributed by atoms with Crippen LogP contribution in [-0.2, 0) is 19.6 Å². The van der Waals surface area contributed by atoms with Gasteiger partial charge in [-0.05, 0) is 29.1 Å². The molecule has 0 unspecified atom stereocenters. The van der Waals surface area contributed by atoms with Crippen LogP contribution in [0.25, 0.3) is 10.9 Å². The van der Waals surface area contributed by atoms with Gasteiger partial charge in [-0.15, -0.1) is 0 Å². The van der Waals surface area contributed by atoms with E-state index in [0.717, 1.165) is 28.7 Å². The molecule has 1 aromatic carbocycles. The smallest absolute Gasteiger partial charge is 0.246 e. The van der Waals surface area contributed by atoms with Gasteiger partial charge in [0.1, 0.15) is 6.54 Å². The van der Waals surface area contributed by atoms with Crippen molar-refractivity contribution in [2.24, 2.45) is 0 Å². The van der Waals surface area contributed by atoms with E-state index in [1.807, 2.05) is 37.4 Å². The maximum absolute atomic E-state index is 9.13. The third-order valence-electron chi connectivity index (χ3n) is 3.15. The largest absolute Gasteiger partial charge is 0.392 e. The van der Waals surface area contributed by atoms with Gasteiger partial charge in [-0.25, -0.2) is 0 Å². The van der Waals surface area contributed by atoms with Gasteiger partial charge < -0.3 is 14.2 Å². The number of aryl methyl sites for hydroxylation is 1. The Morgan fingerprint density at radius 3 is 2.95 bits per heavy atom. The summed E-state index contributed by atoms with van der Waals surface area (Å²) in [5.41, 5.74) is 2.00. The first-order valence-electron chi connectivity index (χ1n) is 6.30. The first kappa shape index (κ1) is 11.9. The van der Waals surface area contributed by atoms with E-state index < -0.39 is 0 Å². The fraction of sp³-hybridized carbons (Fsp3) is 0.286. The minimum absolute atomic E-state index is 0.0602. The van der Waals surface area contributed by atoms with Crippen LogP contribution in [0.5, 0.6) is 0 Å². The second-order valence-electron chi connectivity index (χ2n) is 4.45. The van der Waals surface area contributed by atoms with Crippen molar-refractivity contribution in [2.45, 2.75) is 26.5 Å². The van der Waals surface area contributed by atoms with Crippen LogP contribution in [-0.4, -0.2) is 19.8 Å². The van der Waals surface area contributed by atoms with E-state index in [-0.39, 0.29) is 6.61 Å². The SMILES string of the molecule is CCc1noc(Cn2ccc3cc(CO)ccc32)n1. The van der Waals surface area contributed by atoms with E-state index in [0.29, 0.717) is 12.4 Å². The summed E-state index contributed by atoms with van der Waals surface area (Å²) in [4.78, 5) is 4.31. The van der Waals surface area contributed by atoms with Crippen LogP contribution in [0, 0.1) is 0 Å². The predicted molar refractivity (Wildman–Crippen MR) is 70.6 cm³/mol. The summed E-state index contributed by atoms with van der Waals surface area (Å²) in [6.07, 6.45) is 2.76. The standard InChI is InChI=1S/C14H15N3O2/c1-2-13-15-14(19-16-13)8-17-6-5-11-7-10(9-18)3-4-12(11)17/h3-7,18H,2,8-9H2,1H3. The first-order chi connectivity index (χ1) is 9.30. The molecular weight excluding hydrogens is 242 g/mol. The van der Waals surface area contributed by atoms with E-state index in [1.165, 1.54) is 0 Å². The summed E-state index contributed by atoms with van der Waals surface area (Å²) < 4.78 is 7.26. The number of rotatable bonds is 4. The Bertz CT molecular complexity index is 700. The minimum Gasteiger partial charge on any atom is -0.392 e. The highest BCUT2D eigenvalue weighted by molar-refractivity contribution is 5.80. The Balaban J connectivity index is 1.92. The molecule has 0 fully saturated rings. The highest BCUT2D eigenvalue weighted by atomic mass is 16.5. The van der Waals surface area contributed by atoms with Crippen molar-refractivity contribution in [1.82, 2.24) is 14.7 Å².